The summed E-state index contributed by atoms with van der Waals surface area (Å²) in [5.74, 6) is 7.05. The molecule has 4 aromatic rings. The van der Waals surface area contributed by atoms with E-state index in [1.54, 1.807) is 54.9 Å². The fourth-order valence-electron chi connectivity index (χ4n) is 3.32. The molecule has 0 amide bonds. The van der Waals surface area contributed by atoms with Crippen LogP contribution in [0.2, 0.25) is 5.02 Å². The summed E-state index contributed by atoms with van der Waals surface area (Å²) in [6.07, 6.45) is 4.70. The van der Waals surface area contributed by atoms with Crippen LogP contribution in [-0.4, -0.2) is 32.1 Å². The number of halogens is 1. The highest BCUT2D eigenvalue weighted by atomic mass is 35.5. The summed E-state index contributed by atoms with van der Waals surface area (Å²) < 4.78 is 40.3. The molecule has 0 spiro atoms. The molecule has 34 heavy (non-hydrogen) atoms. The predicted octanol–water partition coefficient (Wildman–Crippen LogP) is 4.89. The van der Waals surface area contributed by atoms with Crippen LogP contribution in [-0.2, 0) is 10.0 Å². The molecule has 0 fully saturated rings. The molecular formula is C25H20ClN3O4S. The van der Waals surface area contributed by atoms with Gasteiger partial charge in [0.15, 0.2) is 0 Å². The highest BCUT2D eigenvalue weighted by Gasteiger charge is 2.21. The van der Waals surface area contributed by atoms with Crippen LogP contribution < -0.4 is 14.2 Å². The number of benzene rings is 2. The summed E-state index contributed by atoms with van der Waals surface area (Å²) in [6.45, 7) is 2.31. The highest BCUT2D eigenvalue weighted by Crippen LogP contribution is 2.31. The molecule has 0 aliphatic rings. The first-order valence-corrected chi connectivity index (χ1v) is 12.1. The summed E-state index contributed by atoms with van der Waals surface area (Å²) >= 11 is 6.16. The van der Waals surface area contributed by atoms with Gasteiger partial charge >= 0.3 is 0 Å². The van der Waals surface area contributed by atoms with Crippen LogP contribution in [0.3, 0.4) is 0 Å². The van der Waals surface area contributed by atoms with Crippen molar-refractivity contribution in [3.05, 3.63) is 83.3 Å². The van der Waals surface area contributed by atoms with Crippen LogP contribution >= 0.6 is 11.6 Å². The van der Waals surface area contributed by atoms with Crippen LogP contribution in [0.5, 0.6) is 11.5 Å². The van der Waals surface area contributed by atoms with Crippen LogP contribution in [0.1, 0.15) is 18.1 Å². The summed E-state index contributed by atoms with van der Waals surface area (Å²) in [7, 11) is -2.48. The molecule has 0 saturated heterocycles. The fourth-order valence-corrected chi connectivity index (χ4v) is 4.73. The van der Waals surface area contributed by atoms with E-state index in [1.807, 2.05) is 6.92 Å². The van der Waals surface area contributed by atoms with E-state index in [-0.39, 0.29) is 10.6 Å². The molecule has 2 heterocycles. The molecular weight excluding hydrogens is 474 g/mol. The molecule has 0 aliphatic carbocycles. The Labute approximate surface area is 202 Å². The third kappa shape index (κ3) is 4.91. The normalized spacial score (nSPS) is 10.9. The number of hydrogen-bond donors (Lipinski definition) is 1. The van der Waals surface area contributed by atoms with E-state index in [2.05, 4.69) is 26.5 Å². The number of hydrogen-bond acceptors (Lipinski definition) is 6. The largest absolute Gasteiger partial charge is 0.495 e. The lowest BCUT2D eigenvalue weighted by molar-refractivity contribution is 0.344. The Balaban J connectivity index is 1.76. The summed E-state index contributed by atoms with van der Waals surface area (Å²) in [5.41, 5.74) is 1.53. The third-order valence-corrected chi connectivity index (χ3v) is 6.47. The van der Waals surface area contributed by atoms with E-state index in [9.17, 15) is 8.42 Å². The number of pyridine rings is 2. The van der Waals surface area contributed by atoms with E-state index < -0.39 is 10.0 Å². The lowest BCUT2D eigenvalue weighted by atomic mass is 10.1. The van der Waals surface area contributed by atoms with Crippen molar-refractivity contribution in [2.75, 3.05) is 18.4 Å². The summed E-state index contributed by atoms with van der Waals surface area (Å²) in [6, 6.07) is 13.0. The average Bonchev–Trinajstić information content (AvgIpc) is 2.84. The van der Waals surface area contributed by atoms with Crippen molar-refractivity contribution in [2.24, 2.45) is 0 Å². The second-order valence-corrected chi connectivity index (χ2v) is 9.10. The summed E-state index contributed by atoms with van der Waals surface area (Å²) in [4.78, 5) is 8.37. The molecule has 0 radical (unpaired) electrons. The molecule has 0 atom stereocenters. The van der Waals surface area contributed by atoms with Crippen LogP contribution in [0.15, 0.2) is 72.0 Å². The Morgan fingerprint density at radius 2 is 1.85 bits per heavy atom. The Kier molecular flexibility index (Phi) is 6.87. The zero-order chi connectivity index (χ0) is 24.1. The molecule has 4 rings (SSSR count). The Morgan fingerprint density at radius 1 is 1.03 bits per heavy atom. The first kappa shape index (κ1) is 23.4. The van der Waals surface area contributed by atoms with Gasteiger partial charge < -0.3 is 9.47 Å². The maximum Gasteiger partial charge on any atom is 0.264 e. The number of methoxy groups -OCH3 is 1. The van der Waals surface area contributed by atoms with Gasteiger partial charge in [-0.1, -0.05) is 23.4 Å². The van der Waals surface area contributed by atoms with Gasteiger partial charge in [-0.05, 0) is 55.5 Å². The fraction of sp³-hybridized carbons (Fsp3) is 0.120. The lowest BCUT2D eigenvalue weighted by Gasteiger charge is -2.14. The van der Waals surface area contributed by atoms with Gasteiger partial charge in [-0.25, -0.2) is 8.42 Å². The number of anilines is 1. The van der Waals surface area contributed by atoms with Crippen LogP contribution in [0.4, 0.5) is 5.69 Å². The number of nitrogens with zero attached hydrogens (tertiary/aromatic N) is 2. The number of aromatic nitrogens is 2. The van der Waals surface area contributed by atoms with Gasteiger partial charge in [-0.2, -0.15) is 0 Å². The van der Waals surface area contributed by atoms with Gasteiger partial charge in [0.1, 0.15) is 16.4 Å². The standard InChI is InChI=1S/C25H20ClN3O4S/c1-3-33-23-10-11-24(25-20(23)5-4-13-28-25)34(30,31)29-21-9-8-19(26)15-17(21)6-7-18-16-27-14-12-22(18)32-2/h4-5,8-16,29H,3H2,1-2H3. The Hall–Kier alpha value is -3.80. The molecule has 7 nitrogen and oxygen atoms in total. The zero-order valence-corrected chi connectivity index (χ0v) is 19.9. The zero-order valence-electron chi connectivity index (χ0n) is 18.4. The van der Waals surface area contributed by atoms with Crippen molar-refractivity contribution in [1.29, 1.82) is 0 Å². The molecule has 0 aliphatic heterocycles. The number of rotatable bonds is 6. The molecule has 0 unspecified atom stereocenters. The molecule has 0 bridgehead atoms. The van der Waals surface area contributed by atoms with Gasteiger partial charge in [0, 0.05) is 29.0 Å². The maximum atomic E-state index is 13.4. The van der Waals surface area contributed by atoms with Gasteiger partial charge in [-0.3, -0.25) is 14.7 Å². The van der Waals surface area contributed by atoms with Gasteiger partial charge in [0.25, 0.3) is 10.0 Å². The first-order valence-electron chi connectivity index (χ1n) is 10.3. The quantitative estimate of drug-likeness (QED) is 0.384. The number of ether oxygens (including phenoxy) is 2. The third-order valence-electron chi connectivity index (χ3n) is 4.84. The topological polar surface area (TPSA) is 90.4 Å². The van der Waals surface area contributed by atoms with Crippen LogP contribution in [0.25, 0.3) is 10.9 Å². The lowest BCUT2D eigenvalue weighted by Crippen LogP contribution is -2.15. The van der Waals surface area contributed by atoms with Crippen molar-refractivity contribution in [2.45, 2.75) is 11.8 Å². The molecule has 9 heteroatoms. The van der Waals surface area contributed by atoms with E-state index in [0.29, 0.717) is 45.2 Å². The molecule has 2 aromatic heterocycles. The second-order valence-electron chi connectivity index (χ2n) is 7.02. The minimum atomic E-state index is -4.02. The van der Waals surface area contributed by atoms with Gasteiger partial charge in [0.05, 0.1) is 36.0 Å². The van der Waals surface area contributed by atoms with E-state index in [0.717, 1.165) is 0 Å². The van der Waals surface area contributed by atoms with E-state index in [4.69, 9.17) is 21.1 Å². The van der Waals surface area contributed by atoms with Crippen molar-refractivity contribution < 1.29 is 17.9 Å². The Morgan fingerprint density at radius 3 is 2.65 bits per heavy atom. The molecule has 172 valence electrons. The predicted molar refractivity (Wildman–Crippen MR) is 132 cm³/mol. The van der Waals surface area contributed by atoms with Crippen molar-refractivity contribution in [3.8, 4) is 23.3 Å². The Bertz CT molecular complexity index is 1530. The van der Waals surface area contributed by atoms with Crippen molar-refractivity contribution >= 4 is 38.2 Å². The van der Waals surface area contributed by atoms with Gasteiger partial charge in [0.2, 0.25) is 0 Å². The number of fused-ring (bicyclic) bond motifs is 1. The smallest absolute Gasteiger partial charge is 0.264 e. The van der Waals surface area contributed by atoms with E-state index in [1.165, 1.54) is 19.4 Å². The number of sulfonamides is 1. The van der Waals surface area contributed by atoms with Crippen molar-refractivity contribution in [3.63, 3.8) is 0 Å². The first-order chi connectivity index (χ1) is 16.4. The van der Waals surface area contributed by atoms with E-state index >= 15 is 0 Å². The number of nitrogens with one attached hydrogen (secondary N) is 1. The van der Waals surface area contributed by atoms with Crippen LogP contribution in [0, 0.1) is 11.8 Å². The minimum absolute atomic E-state index is 0.0225. The van der Waals surface area contributed by atoms with Crippen molar-refractivity contribution in [1.82, 2.24) is 9.97 Å². The maximum absolute atomic E-state index is 13.4. The van der Waals surface area contributed by atoms with Gasteiger partial charge in [-0.15, -0.1) is 0 Å². The second kappa shape index (κ2) is 10.00. The SMILES string of the molecule is CCOc1ccc(S(=O)(=O)Nc2ccc(Cl)cc2C#Cc2cnccc2OC)c2ncccc12. The minimum Gasteiger partial charge on any atom is -0.495 e. The highest BCUT2D eigenvalue weighted by molar-refractivity contribution is 7.93. The molecule has 2 aromatic carbocycles. The molecule has 0 saturated carbocycles. The molecule has 1 N–H and O–H groups in total. The monoisotopic (exact) mass is 493 g/mol. The summed E-state index contributed by atoms with van der Waals surface area (Å²) in [5, 5.41) is 1.02. The average molecular weight is 494 g/mol.